The number of hydrogen-bond donors (Lipinski definition) is 1. The van der Waals surface area contributed by atoms with E-state index in [0.717, 1.165) is 22.1 Å². The Labute approximate surface area is 114 Å². The molecule has 94 valence electrons. The summed E-state index contributed by atoms with van der Waals surface area (Å²) in [4.78, 5) is 4.38. The van der Waals surface area contributed by atoms with Gasteiger partial charge in [-0.05, 0) is 6.92 Å². The number of aryl methyl sites for hydroxylation is 1. The number of anilines is 1. The predicted molar refractivity (Wildman–Crippen MR) is 71.8 cm³/mol. The van der Waals surface area contributed by atoms with E-state index < -0.39 is 0 Å². The highest BCUT2D eigenvalue weighted by Crippen LogP contribution is 2.39. The number of ether oxygens (including phenoxy) is 2. The van der Waals surface area contributed by atoms with Crippen LogP contribution in [-0.2, 0) is 6.54 Å². The summed E-state index contributed by atoms with van der Waals surface area (Å²) < 4.78 is 10.6. The van der Waals surface area contributed by atoms with Crippen molar-refractivity contribution in [2.75, 3.05) is 12.1 Å². The summed E-state index contributed by atoms with van der Waals surface area (Å²) in [6, 6.07) is 3.61. The van der Waals surface area contributed by atoms with Crippen LogP contribution in [0, 0.1) is 6.92 Å². The first kappa shape index (κ1) is 11.6. The molecule has 1 aromatic carbocycles. The molecule has 18 heavy (non-hydrogen) atoms. The molecule has 3 rings (SSSR count). The number of aromatic nitrogens is 1. The van der Waals surface area contributed by atoms with Crippen molar-refractivity contribution in [2.24, 2.45) is 0 Å². The molecule has 1 N–H and O–H groups in total. The standard InChI is InChI=1S/C12H11ClN2O2S/c1-7-15-8(5-18-7)4-14-10-3-12-11(2-9(10)13)16-6-17-12/h2-3,5,14H,4,6H2,1H3. The minimum atomic E-state index is 0.250. The van der Waals surface area contributed by atoms with E-state index in [1.165, 1.54) is 0 Å². The van der Waals surface area contributed by atoms with E-state index in [4.69, 9.17) is 21.1 Å². The molecule has 0 atom stereocenters. The van der Waals surface area contributed by atoms with Gasteiger partial charge < -0.3 is 14.8 Å². The van der Waals surface area contributed by atoms with E-state index >= 15 is 0 Å². The lowest BCUT2D eigenvalue weighted by Gasteiger charge is -2.08. The van der Waals surface area contributed by atoms with Crippen LogP contribution in [-0.4, -0.2) is 11.8 Å². The zero-order chi connectivity index (χ0) is 12.5. The molecule has 1 aromatic heterocycles. The zero-order valence-corrected chi connectivity index (χ0v) is 11.3. The smallest absolute Gasteiger partial charge is 0.231 e. The molecule has 0 aliphatic carbocycles. The molecule has 1 aliphatic rings. The SMILES string of the molecule is Cc1nc(CNc2cc3c(cc2Cl)OCO3)cs1. The van der Waals surface area contributed by atoms with Crippen molar-refractivity contribution in [1.82, 2.24) is 4.98 Å². The van der Waals surface area contributed by atoms with E-state index in [0.29, 0.717) is 17.3 Å². The molecular formula is C12H11ClN2O2S. The second-order valence-electron chi connectivity index (χ2n) is 3.90. The molecule has 0 unspecified atom stereocenters. The van der Waals surface area contributed by atoms with Gasteiger partial charge in [-0.2, -0.15) is 0 Å². The number of rotatable bonds is 3. The molecule has 0 bridgehead atoms. The topological polar surface area (TPSA) is 43.4 Å². The molecule has 0 radical (unpaired) electrons. The van der Waals surface area contributed by atoms with Crippen LogP contribution in [0.2, 0.25) is 5.02 Å². The van der Waals surface area contributed by atoms with E-state index in [2.05, 4.69) is 10.3 Å². The number of nitrogens with zero attached hydrogens (tertiary/aromatic N) is 1. The fraction of sp³-hybridized carbons (Fsp3) is 0.250. The van der Waals surface area contributed by atoms with Gasteiger partial charge in [0.1, 0.15) is 0 Å². The molecule has 2 heterocycles. The maximum Gasteiger partial charge on any atom is 0.231 e. The third-order valence-corrected chi connectivity index (χ3v) is 3.72. The first-order valence-corrected chi connectivity index (χ1v) is 6.72. The summed E-state index contributed by atoms with van der Waals surface area (Å²) in [5, 5.41) is 6.96. The summed E-state index contributed by atoms with van der Waals surface area (Å²) in [7, 11) is 0. The molecule has 1 aliphatic heterocycles. The normalized spacial score (nSPS) is 12.8. The first-order valence-electron chi connectivity index (χ1n) is 5.46. The van der Waals surface area contributed by atoms with Crippen molar-refractivity contribution >= 4 is 28.6 Å². The maximum atomic E-state index is 6.16. The molecule has 0 saturated heterocycles. The number of thiazole rings is 1. The van der Waals surface area contributed by atoms with Crippen LogP contribution in [0.1, 0.15) is 10.7 Å². The summed E-state index contributed by atoms with van der Waals surface area (Å²) in [5.41, 5.74) is 1.83. The average Bonchev–Trinajstić information content (AvgIpc) is 2.94. The van der Waals surface area contributed by atoms with Crippen molar-refractivity contribution < 1.29 is 9.47 Å². The molecule has 0 saturated carbocycles. The van der Waals surface area contributed by atoms with Crippen LogP contribution in [0.3, 0.4) is 0 Å². The second kappa shape index (κ2) is 4.66. The monoisotopic (exact) mass is 282 g/mol. The number of nitrogens with one attached hydrogen (secondary N) is 1. The van der Waals surface area contributed by atoms with Gasteiger partial charge in [-0.25, -0.2) is 4.98 Å². The van der Waals surface area contributed by atoms with Crippen molar-refractivity contribution in [3.05, 3.63) is 33.2 Å². The van der Waals surface area contributed by atoms with Gasteiger partial charge in [0.05, 0.1) is 28.0 Å². The Bertz CT molecular complexity index is 585. The highest BCUT2D eigenvalue weighted by molar-refractivity contribution is 7.09. The van der Waals surface area contributed by atoms with Gasteiger partial charge in [0, 0.05) is 17.5 Å². The van der Waals surface area contributed by atoms with Gasteiger partial charge in [0.2, 0.25) is 6.79 Å². The third-order valence-electron chi connectivity index (χ3n) is 2.59. The number of fused-ring (bicyclic) bond motifs is 1. The number of hydrogen-bond acceptors (Lipinski definition) is 5. The van der Waals surface area contributed by atoms with Crippen molar-refractivity contribution in [2.45, 2.75) is 13.5 Å². The Hall–Kier alpha value is -1.46. The first-order chi connectivity index (χ1) is 8.72. The molecule has 0 spiro atoms. The largest absolute Gasteiger partial charge is 0.454 e. The molecule has 0 fully saturated rings. The van der Waals surface area contributed by atoms with E-state index in [9.17, 15) is 0 Å². The minimum Gasteiger partial charge on any atom is -0.454 e. The molecule has 4 nitrogen and oxygen atoms in total. The Kier molecular flexibility index (Phi) is 3.01. The van der Waals surface area contributed by atoms with Crippen LogP contribution in [0.4, 0.5) is 5.69 Å². The summed E-state index contributed by atoms with van der Waals surface area (Å²) in [5.74, 6) is 1.41. The van der Waals surface area contributed by atoms with Gasteiger partial charge in [0.25, 0.3) is 0 Å². The Morgan fingerprint density at radius 2 is 2.17 bits per heavy atom. The average molecular weight is 283 g/mol. The van der Waals surface area contributed by atoms with Crippen molar-refractivity contribution in [3.63, 3.8) is 0 Å². The zero-order valence-electron chi connectivity index (χ0n) is 9.70. The van der Waals surface area contributed by atoms with Gasteiger partial charge in [-0.15, -0.1) is 11.3 Å². The van der Waals surface area contributed by atoms with Crippen LogP contribution >= 0.6 is 22.9 Å². The van der Waals surface area contributed by atoms with Crippen molar-refractivity contribution in [1.29, 1.82) is 0 Å². The van der Waals surface area contributed by atoms with Gasteiger partial charge in [-0.1, -0.05) is 11.6 Å². The molecule has 6 heteroatoms. The summed E-state index contributed by atoms with van der Waals surface area (Å²) in [6.45, 7) is 2.88. The lowest BCUT2D eigenvalue weighted by molar-refractivity contribution is 0.174. The second-order valence-corrected chi connectivity index (χ2v) is 5.37. The molecule has 0 amide bonds. The third kappa shape index (κ3) is 2.23. The fourth-order valence-corrected chi connectivity index (χ4v) is 2.56. The van der Waals surface area contributed by atoms with Gasteiger partial charge in [-0.3, -0.25) is 0 Å². The lowest BCUT2D eigenvalue weighted by Crippen LogP contribution is -2.00. The molecular weight excluding hydrogens is 272 g/mol. The van der Waals surface area contributed by atoms with Crippen LogP contribution in [0.5, 0.6) is 11.5 Å². The van der Waals surface area contributed by atoms with Crippen LogP contribution in [0.15, 0.2) is 17.5 Å². The summed E-state index contributed by atoms with van der Waals surface area (Å²) >= 11 is 7.80. The van der Waals surface area contributed by atoms with Crippen LogP contribution < -0.4 is 14.8 Å². The number of halogens is 1. The predicted octanol–water partition coefficient (Wildman–Crippen LogP) is 3.45. The number of benzene rings is 1. The Morgan fingerprint density at radius 3 is 2.89 bits per heavy atom. The van der Waals surface area contributed by atoms with Gasteiger partial charge in [0.15, 0.2) is 11.5 Å². The van der Waals surface area contributed by atoms with Crippen LogP contribution in [0.25, 0.3) is 0 Å². The molecule has 2 aromatic rings. The van der Waals surface area contributed by atoms with Crippen molar-refractivity contribution in [3.8, 4) is 11.5 Å². The maximum absolute atomic E-state index is 6.16. The Morgan fingerprint density at radius 1 is 1.39 bits per heavy atom. The fourth-order valence-electron chi connectivity index (χ4n) is 1.73. The minimum absolute atomic E-state index is 0.250. The van der Waals surface area contributed by atoms with E-state index in [1.807, 2.05) is 18.4 Å². The highest BCUT2D eigenvalue weighted by atomic mass is 35.5. The Balaban J connectivity index is 1.76. The quantitative estimate of drug-likeness (QED) is 0.936. The summed E-state index contributed by atoms with van der Waals surface area (Å²) in [6.07, 6.45) is 0. The van der Waals surface area contributed by atoms with Gasteiger partial charge >= 0.3 is 0 Å². The lowest BCUT2D eigenvalue weighted by atomic mass is 10.2. The highest BCUT2D eigenvalue weighted by Gasteiger charge is 2.16. The van der Waals surface area contributed by atoms with E-state index in [1.54, 1.807) is 17.4 Å². The van der Waals surface area contributed by atoms with E-state index in [-0.39, 0.29) is 6.79 Å².